The van der Waals surface area contributed by atoms with E-state index in [0.29, 0.717) is 36.7 Å². The molecule has 2 N–H and O–H groups in total. The van der Waals surface area contributed by atoms with Crippen molar-refractivity contribution in [3.8, 4) is 0 Å². The number of hydrogen-bond donors (Lipinski definition) is 2. The lowest BCUT2D eigenvalue weighted by atomic mass is 10.2. The predicted octanol–water partition coefficient (Wildman–Crippen LogP) is 1.94. The number of pyridine rings is 2. The van der Waals surface area contributed by atoms with Crippen LogP contribution in [0.5, 0.6) is 0 Å². The van der Waals surface area contributed by atoms with Gasteiger partial charge in [0.1, 0.15) is 17.5 Å². The highest BCUT2D eigenvalue weighted by atomic mass is 32.1. The smallest absolute Gasteiger partial charge is 0.173 e. The Hall–Kier alpha value is -2.06. The summed E-state index contributed by atoms with van der Waals surface area (Å²) >= 11 is 5.46. The molecular formula is C17H20FN5OS. The molecule has 0 aliphatic carbocycles. The van der Waals surface area contributed by atoms with Crippen molar-refractivity contribution in [2.45, 2.75) is 25.1 Å². The van der Waals surface area contributed by atoms with Crippen molar-refractivity contribution in [2.24, 2.45) is 0 Å². The fraction of sp³-hybridized carbons (Fsp3) is 0.471. The Morgan fingerprint density at radius 1 is 1.24 bits per heavy atom. The molecule has 0 saturated carbocycles. The molecule has 4 rings (SSSR count). The number of likely N-dealkylation sites (tertiary alicyclic amines) is 1. The van der Waals surface area contributed by atoms with Gasteiger partial charge in [-0.05, 0) is 43.3 Å². The molecule has 0 spiro atoms. The van der Waals surface area contributed by atoms with E-state index in [4.69, 9.17) is 17.2 Å². The largest absolute Gasteiger partial charge is 0.391 e. The van der Waals surface area contributed by atoms with Crippen LogP contribution < -0.4 is 10.2 Å². The van der Waals surface area contributed by atoms with Crippen LogP contribution in [0.4, 0.5) is 15.9 Å². The maximum atomic E-state index is 13.5. The topological polar surface area (TPSA) is 64.5 Å². The standard InChI is InChI=1S/C17H20FN5OS/c18-11-4-7-22(9-11)15-2-1-13-16(21-15)14(3-6-19-13)20-17(25)23-8-5-12(24)10-23/h1-3,6,11-12,24H,4-5,7-10H2,(H,19,20,25). The lowest BCUT2D eigenvalue weighted by molar-refractivity contribution is 0.188. The Labute approximate surface area is 150 Å². The van der Waals surface area contributed by atoms with E-state index in [9.17, 15) is 9.50 Å². The molecule has 25 heavy (non-hydrogen) atoms. The van der Waals surface area contributed by atoms with Crippen LogP contribution in [-0.2, 0) is 0 Å². The number of rotatable bonds is 2. The van der Waals surface area contributed by atoms with Crippen molar-refractivity contribution < 1.29 is 9.50 Å². The van der Waals surface area contributed by atoms with Crippen molar-refractivity contribution in [3.63, 3.8) is 0 Å². The zero-order valence-corrected chi connectivity index (χ0v) is 14.5. The van der Waals surface area contributed by atoms with Gasteiger partial charge in [0.25, 0.3) is 0 Å². The number of aliphatic hydroxyl groups excluding tert-OH is 1. The van der Waals surface area contributed by atoms with E-state index >= 15 is 0 Å². The molecule has 0 bridgehead atoms. The van der Waals surface area contributed by atoms with Gasteiger partial charge < -0.3 is 20.2 Å². The van der Waals surface area contributed by atoms with Crippen LogP contribution >= 0.6 is 12.2 Å². The van der Waals surface area contributed by atoms with Gasteiger partial charge >= 0.3 is 0 Å². The molecule has 2 aromatic heterocycles. The Bertz CT molecular complexity index is 804. The third-order valence-corrected chi connectivity index (χ3v) is 5.08. The molecule has 0 radical (unpaired) electrons. The third kappa shape index (κ3) is 3.36. The molecular weight excluding hydrogens is 341 g/mol. The summed E-state index contributed by atoms with van der Waals surface area (Å²) in [6.07, 6.45) is 1.85. The summed E-state index contributed by atoms with van der Waals surface area (Å²) in [5.41, 5.74) is 2.24. The minimum Gasteiger partial charge on any atom is -0.391 e. The molecule has 2 aliphatic heterocycles. The van der Waals surface area contributed by atoms with Crippen LogP contribution in [0.3, 0.4) is 0 Å². The van der Waals surface area contributed by atoms with E-state index in [-0.39, 0.29) is 6.10 Å². The highest BCUT2D eigenvalue weighted by Crippen LogP contribution is 2.26. The maximum Gasteiger partial charge on any atom is 0.173 e. The van der Waals surface area contributed by atoms with Gasteiger partial charge in [-0.3, -0.25) is 4.98 Å². The molecule has 2 aliphatic rings. The number of nitrogens with one attached hydrogen (secondary N) is 1. The summed E-state index contributed by atoms with van der Waals surface area (Å²) in [7, 11) is 0. The van der Waals surface area contributed by atoms with E-state index in [0.717, 1.165) is 30.0 Å². The average Bonchev–Trinajstić information content (AvgIpc) is 3.23. The van der Waals surface area contributed by atoms with Gasteiger partial charge in [-0.25, -0.2) is 9.37 Å². The van der Waals surface area contributed by atoms with Crippen molar-refractivity contribution in [3.05, 3.63) is 24.4 Å². The lowest BCUT2D eigenvalue weighted by Gasteiger charge is -2.21. The second kappa shape index (κ2) is 6.68. The number of aromatic nitrogens is 2. The monoisotopic (exact) mass is 361 g/mol. The number of nitrogens with zero attached hydrogens (tertiary/aromatic N) is 4. The minimum atomic E-state index is -0.793. The first kappa shape index (κ1) is 16.4. The van der Waals surface area contributed by atoms with Crippen molar-refractivity contribution in [1.82, 2.24) is 14.9 Å². The van der Waals surface area contributed by atoms with Crippen molar-refractivity contribution >= 4 is 39.9 Å². The number of aliphatic hydroxyl groups is 1. The van der Waals surface area contributed by atoms with Gasteiger partial charge in [-0.1, -0.05) is 0 Å². The van der Waals surface area contributed by atoms with E-state index in [1.165, 1.54) is 0 Å². The number of alkyl halides is 1. The van der Waals surface area contributed by atoms with E-state index in [1.54, 1.807) is 6.20 Å². The molecule has 2 fully saturated rings. The van der Waals surface area contributed by atoms with Gasteiger partial charge in [-0.2, -0.15) is 0 Å². The quantitative estimate of drug-likeness (QED) is 0.793. The molecule has 0 amide bonds. The van der Waals surface area contributed by atoms with Crippen molar-refractivity contribution in [2.75, 3.05) is 36.4 Å². The Kier molecular flexibility index (Phi) is 4.39. The summed E-state index contributed by atoms with van der Waals surface area (Å²) in [5, 5.41) is 13.5. The van der Waals surface area contributed by atoms with Gasteiger partial charge in [0.2, 0.25) is 0 Å². The normalized spacial score (nSPS) is 23.4. The van der Waals surface area contributed by atoms with Gasteiger partial charge in [-0.15, -0.1) is 0 Å². The highest BCUT2D eigenvalue weighted by Gasteiger charge is 2.24. The third-order valence-electron chi connectivity index (χ3n) is 4.72. The van der Waals surface area contributed by atoms with E-state index < -0.39 is 6.17 Å². The molecule has 2 atom stereocenters. The molecule has 4 heterocycles. The van der Waals surface area contributed by atoms with Crippen LogP contribution in [0.25, 0.3) is 11.0 Å². The summed E-state index contributed by atoms with van der Waals surface area (Å²) in [4.78, 5) is 12.9. The highest BCUT2D eigenvalue weighted by molar-refractivity contribution is 7.80. The van der Waals surface area contributed by atoms with Gasteiger partial charge in [0, 0.05) is 25.8 Å². The molecule has 8 heteroatoms. The van der Waals surface area contributed by atoms with Crippen LogP contribution in [0.15, 0.2) is 24.4 Å². The van der Waals surface area contributed by atoms with Crippen LogP contribution in [0, 0.1) is 0 Å². The zero-order chi connectivity index (χ0) is 17.4. The lowest BCUT2D eigenvalue weighted by Crippen LogP contribution is -2.33. The van der Waals surface area contributed by atoms with Crippen LogP contribution in [0.1, 0.15) is 12.8 Å². The van der Waals surface area contributed by atoms with Crippen LogP contribution in [-0.4, -0.2) is 63.5 Å². The molecule has 2 saturated heterocycles. The first-order chi connectivity index (χ1) is 12.1. The second-order valence-corrected chi connectivity index (χ2v) is 6.93. The summed E-state index contributed by atoms with van der Waals surface area (Å²) < 4.78 is 13.5. The zero-order valence-electron chi connectivity index (χ0n) is 13.7. The van der Waals surface area contributed by atoms with Gasteiger partial charge in [0.05, 0.1) is 23.9 Å². The molecule has 132 valence electrons. The van der Waals surface area contributed by atoms with E-state index in [1.807, 2.05) is 28.0 Å². The summed E-state index contributed by atoms with van der Waals surface area (Å²) in [5.74, 6) is 0.756. The first-order valence-electron chi connectivity index (χ1n) is 8.49. The first-order valence-corrected chi connectivity index (χ1v) is 8.90. The molecule has 2 aromatic rings. The molecule has 0 aromatic carbocycles. The SMILES string of the molecule is OC1CCN(C(=S)Nc2ccnc3ccc(N4CCC(F)C4)nc23)C1. The predicted molar refractivity (Wildman–Crippen MR) is 99.7 cm³/mol. The van der Waals surface area contributed by atoms with Gasteiger partial charge in [0.15, 0.2) is 5.11 Å². The Morgan fingerprint density at radius 2 is 2.12 bits per heavy atom. The Balaban J connectivity index is 1.60. The Morgan fingerprint density at radius 3 is 2.84 bits per heavy atom. The summed E-state index contributed by atoms with van der Waals surface area (Å²) in [6, 6.07) is 5.61. The van der Waals surface area contributed by atoms with Crippen LogP contribution in [0.2, 0.25) is 0 Å². The summed E-state index contributed by atoms with van der Waals surface area (Å²) in [6.45, 7) is 2.33. The van der Waals surface area contributed by atoms with E-state index in [2.05, 4.69) is 10.3 Å². The molecule has 6 nitrogen and oxygen atoms in total. The second-order valence-electron chi connectivity index (χ2n) is 6.55. The maximum absolute atomic E-state index is 13.5. The molecule has 2 unspecified atom stereocenters. The van der Waals surface area contributed by atoms with Crippen molar-refractivity contribution in [1.29, 1.82) is 0 Å². The number of anilines is 2. The number of β-amino-alcohol motifs (C(OH)–C–C–N with tert-alkyl or cyclic N) is 1. The number of thiocarbonyl (C=S) groups is 1. The number of hydrogen-bond acceptors (Lipinski definition) is 5. The number of halogens is 1. The fourth-order valence-electron chi connectivity index (χ4n) is 3.34. The number of fused-ring (bicyclic) bond motifs is 1. The average molecular weight is 361 g/mol. The fourth-order valence-corrected chi connectivity index (χ4v) is 3.61. The minimum absolute atomic E-state index is 0.331.